The van der Waals surface area contributed by atoms with Gasteiger partial charge >= 0.3 is 0 Å². The lowest BCUT2D eigenvalue weighted by molar-refractivity contribution is 0.489. The smallest absolute Gasteiger partial charge is 0.256 e. The molecule has 0 fully saturated rings. The van der Waals surface area contributed by atoms with Crippen LogP contribution in [0.25, 0.3) is 11.1 Å². The Kier molecular flexibility index (Phi) is 2.80. The average molecular weight is 211 g/mol. The molecule has 2 rings (SSSR count). The third-order valence-corrected chi connectivity index (χ3v) is 2.95. The van der Waals surface area contributed by atoms with Gasteiger partial charge in [0.2, 0.25) is 0 Å². The summed E-state index contributed by atoms with van der Waals surface area (Å²) < 4.78 is 5.49. The molecule has 1 aromatic carbocycles. The molecule has 2 nitrogen and oxygen atoms in total. The highest BCUT2D eigenvalue weighted by Gasteiger charge is 2.03. The van der Waals surface area contributed by atoms with E-state index in [2.05, 4.69) is 17.6 Å². The first-order chi connectivity index (χ1) is 6.40. The van der Waals surface area contributed by atoms with Crippen LogP contribution in [0.15, 0.2) is 33.9 Å². The second kappa shape index (κ2) is 4.07. The minimum atomic E-state index is 0.732. The van der Waals surface area contributed by atoms with Crippen molar-refractivity contribution in [3.63, 3.8) is 0 Å². The number of nitrogens with zero attached hydrogens (tertiary/aromatic N) is 1. The molecular weight excluding hydrogens is 202 g/mol. The zero-order valence-electron chi connectivity index (χ0n) is 6.93. The third-order valence-electron chi connectivity index (χ3n) is 1.59. The average Bonchev–Trinajstić information content (AvgIpc) is 2.57. The zero-order chi connectivity index (χ0) is 9.10. The van der Waals surface area contributed by atoms with E-state index < -0.39 is 0 Å². The fraction of sp³-hybridized carbons (Fsp3) is 0.222. The summed E-state index contributed by atoms with van der Waals surface area (Å²) >= 11 is 5.72. The maximum absolute atomic E-state index is 5.49. The number of para-hydroxylation sites is 2. The lowest BCUT2D eigenvalue weighted by Gasteiger charge is -1.88. The summed E-state index contributed by atoms with van der Waals surface area (Å²) in [5, 5.41) is 0.732. The summed E-state index contributed by atoms with van der Waals surface area (Å²) in [6.45, 7) is 0. The van der Waals surface area contributed by atoms with E-state index in [4.69, 9.17) is 4.42 Å². The Morgan fingerprint density at radius 2 is 2.23 bits per heavy atom. The molecule has 0 amide bonds. The van der Waals surface area contributed by atoms with Gasteiger partial charge < -0.3 is 4.42 Å². The number of hydrogen-bond donors (Lipinski definition) is 1. The molecule has 0 spiro atoms. The van der Waals surface area contributed by atoms with Crippen LogP contribution in [-0.2, 0) is 0 Å². The van der Waals surface area contributed by atoms with E-state index in [0.29, 0.717) is 0 Å². The molecular formula is C9H9NOS2. The summed E-state index contributed by atoms with van der Waals surface area (Å²) in [4.78, 5) is 4.31. The molecule has 1 heterocycles. The SMILES string of the molecule is SCCSc1nc2ccccc2o1. The Hall–Kier alpha value is -0.610. The molecule has 0 unspecified atom stereocenters. The van der Waals surface area contributed by atoms with Crippen LogP contribution in [0.1, 0.15) is 0 Å². The van der Waals surface area contributed by atoms with Gasteiger partial charge in [0, 0.05) is 5.75 Å². The standard InChI is InChI=1S/C9H9NOS2/c12-5-6-13-9-10-7-3-1-2-4-8(7)11-9/h1-4,12H,5-6H2. The van der Waals surface area contributed by atoms with Crippen molar-refractivity contribution in [1.29, 1.82) is 0 Å². The van der Waals surface area contributed by atoms with Crippen LogP contribution >= 0.6 is 24.4 Å². The van der Waals surface area contributed by atoms with Gasteiger partial charge in [-0.3, -0.25) is 0 Å². The van der Waals surface area contributed by atoms with Crippen molar-refractivity contribution in [3.05, 3.63) is 24.3 Å². The fourth-order valence-electron chi connectivity index (χ4n) is 1.05. The molecule has 0 aliphatic heterocycles. The second-order valence-electron chi connectivity index (χ2n) is 2.52. The molecule has 0 saturated heterocycles. The number of hydrogen-bond acceptors (Lipinski definition) is 4. The predicted octanol–water partition coefficient (Wildman–Crippen LogP) is 2.85. The van der Waals surface area contributed by atoms with Gasteiger partial charge in [0.05, 0.1) is 0 Å². The predicted molar refractivity (Wildman–Crippen MR) is 58.6 cm³/mol. The van der Waals surface area contributed by atoms with Crippen molar-refractivity contribution in [3.8, 4) is 0 Å². The van der Waals surface area contributed by atoms with E-state index >= 15 is 0 Å². The van der Waals surface area contributed by atoms with Gasteiger partial charge in [0.25, 0.3) is 5.22 Å². The summed E-state index contributed by atoms with van der Waals surface area (Å²) in [6, 6.07) is 7.77. The zero-order valence-corrected chi connectivity index (χ0v) is 8.65. The number of aromatic nitrogens is 1. The lowest BCUT2D eigenvalue weighted by Crippen LogP contribution is -1.78. The van der Waals surface area contributed by atoms with Crippen LogP contribution in [0, 0.1) is 0 Å². The second-order valence-corrected chi connectivity index (χ2v) is 4.01. The molecule has 0 N–H and O–H groups in total. The molecule has 0 radical (unpaired) electrons. The molecule has 0 aliphatic rings. The number of thioether (sulfide) groups is 1. The molecule has 0 bridgehead atoms. The van der Waals surface area contributed by atoms with Crippen molar-refractivity contribution in [2.75, 3.05) is 11.5 Å². The number of thiol groups is 1. The normalized spacial score (nSPS) is 10.8. The number of rotatable bonds is 3. The van der Waals surface area contributed by atoms with Crippen LogP contribution in [0.3, 0.4) is 0 Å². The van der Waals surface area contributed by atoms with Crippen molar-refractivity contribution in [2.45, 2.75) is 5.22 Å². The maximum Gasteiger partial charge on any atom is 0.256 e. The van der Waals surface area contributed by atoms with Crippen molar-refractivity contribution < 1.29 is 4.42 Å². The van der Waals surface area contributed by atoms with Crippen molar-refractivity contribution in [1.82, 2.24) is 4.98 Å². The topological polar surface area (TPSA) is 26.0 Å². The Labute approximate surface area is 86.1 Å². The van der Waals surface area contributed by atoms with Crippen LogP contribution in [0.5, 0.6) is 0 Å². The minimum Gasteiger partial charge on any atom is -0.431 e. The highest BCUT2D eigenvalue weighted by atomic mass is 32.2. The fourth-order valence-corrected chi connectivity index (χ4v) is 1.90. The van der Waals surface area contributed by atoms with Gasteiger partial charge in [0.1, 0.15) is 5.52 Å². The minimum absolute atomic E-state index is 0.732. The molecule has 0 aliphatic carbocycles. The molecule has 1 aromatic heterocycles. The number of benzene rings is 1. The first-order valence-corrected chi connectivity index (χ1v) is 5.61. The van der Waals surface area contributed by atoms with Crippen molar-refractivity contribution in [2.24, 2.45) is 0 Å². The molecule has 0 saturated carbocycles. The molecule has 4 heteroatoms. The lowest BCUT2D eigenvalue weighted by atomic mass is 10.3. The molecule has 68 valence electrons. The Morgan fingerprint density at radius 1 is 1.38 bits per heavy atom. The van der Waals surface area contributed by atoms with Crippen LogP contribution < -0.4 is 0 Å². The van der Waals surface area contributed by atoms with Gasteiger partial charge in [-0.15, -0.1) is 0 Å². The Bertz CT molecular complexity index is 366. The monoisotopic (exact) mass is 211 g/mol. The van der Waals surface area contributed by atoms with Gasteiger partial charge in [-0.2, -0.15) is 12.6 Å². The van der Waals surface area contributed by atoms with E-state index in [-0.39, 0.29) is 0 Å². The number of fused-ring (bicyclic) bond motifs is 1. The van der Waals surface area contributed by atoms with E-state index in [9.17, 15) is 0 Å². The molecule has 0 atom stereocenters. The van der Waals surface area contributed by atoms with Gasteiger partial charge in [-0.25, -0.2) is 4.98 Å². The molecule has 13 heavy (non-hydrogen) atoms. The van der Waals surface area contributed by atoms with Crippen LogP contribution in [0.2, 0.25) is 0 Å². The number of oxazole rings is 1. The first-order valence-electron chi connectivity index (χ1n) is 3.99. The highest BCUT2D eigenvalue weighted by Crippen LogP contribution is 2.22. The Balaban J connectivity index is 2.28. The summed E-state index contributed by atoms with van der Waals surface area (Å²) in [5.74, 6) is 1.76. The van der Waals surface area contributed by atoms with E-state index in [1.165, 1.54) is 0 Å². The Morgan fingerprint density at radius 3 is 3.00 bits per heavy atom. The summed E-state index contributed by atoms with van der Waals surface area (Å²) in [7, 11) is 0. The highest BCUT2D eigenvalue weighted by molar-refractivity contribution is 7.99. The van der Waals surface area contributed by atoms with E-state index in [1.54, 1.807) is 11.8 Å². The van der Waals surface area contributed by atoms with Crippen LogP contribution in [-0.4, -0.2) is 16.5 Å². The van der Waals surface area contributed by atoms with Gasteiger partial charge in [-0.05, 0) is 17.9 Å². The maximum atomic E-state index is 5.49. The van der Waals surface area contributed by atoms with E-state index in [1.807, 2.05) is 24.3 Å². The summed E-state index contributed by atoms with van der Waals surface area (Å²) in [5.41, 5.74) is 1.77. The van der Waals surface area contributed by atoms with Crippen LogP contribution in [0.4, 0.5) is 0 Å². The quantitative estimate of drug-likeness (QED) is 0.624. The molecule has 2 aromatic rings. The largest absolute Gasteiger partial charge is 0.431 e. The third kappa shape index (κ3) is 2.00. The summed E-state index contributed by atoms with van der Waals surface area (Å²) in [6.07, 6.45) is 0. The van der Waals surface area contributed by atoms with E-state index in [0.717, 1.165) is 27.8 Å². The van der Waals surface area contributed by atoms with Gasteiger partial charge in [0.15, 0.2) is 5.58 Å². The first kappa shape index (κ1) is 8.97. The van der Waals surface area contributed by atoms with Gasteiger partial charge in [-0.1, -0.05) is 23.9 Å². The van der Waals surface area contributed by atoms with Crippen molar-refractivity contribution >= 4 is 35.5 Å².